The monoisotopic (exact) mass is 1160 g/mol. The molecule has 9 aromatic rings. The molecule has 22 nitrogen and oxygen atoms in total. The lowest BCUT2D eigenvalue weighted by Gasteiger charge is -2.27. The highest BCUT2D eigenvalue weighted by molar-refractivity contribution is 14.1. The number of aromatic carboxylic acids is 1. The van der Waals surface area contributed by atoms with Crippen molar-refractivity contribution in [2.24, 2.45) is 0 Å². The second kappa shape index (κ2) is 24.0. The highest BCUT2D eigenvalue weighted by Gasteiger charge is 2.16. The maximum absolute atomic E-state index is 12.3. The Labute approximate surface area is 421 Å². The van der Waals surface area contributed by atoms with Gasteiger partial charge in [-0.15, -0.1) is 0 Å². The first-order chi connectivity index (χ1) is 33.3. The predicted octanol–water partition coefficient (Wildman–Crippen LogP) is 6.08. The third-order valence-electron chi connectivity index (χ3n) is 10.1. The van der Waals surface area contributed by atoms with Gasteiger partial charge in [0.2, 0.25) is 0 Å². The van der Waals surface area contributed by atoms with Gasteiger partial charge in [0.1, 0.15) is 28.5 Å². The molecule has 0 unspecified atom stereocenters. The second-order valence-corrected chi connectivity index (χ2v) is 18.0. The number of aromatic amines is 6. The van der Waals surface area contributed by atoms with E-state index in [0.29, 0.717) is 29.2 Å². The lowest BCUT2D eigenvalue weighted by atomic mass is 10.1. The van der Waals surface area contributed by atoms with E-state index in [1.54, 1.807) is 37.6 Å². The smallest absolute Gasteiger partial charge is 0.356 e. The number of nitrogens with one attached hydrogen (secondary N) is 8. The van der Waals surface area contributed by atoms with Crippen LogP contribution >= 0.6 is 45.2 Å². The van der Waals surface area contributed by atoms with Crippen LogP contribution in [0.15, 0.2) is 73.2 Å². The van der Waals surface area contributed by atoms with Gasteiger partial charge in [0, 0.05) is 84.3 Å². The Hall–Kier alpha value is -6.75. The first kappa shape index (κ1) is 50.1. The average Bonchev–Trinajstić information content (AvgIpc) is 4.22. The molecule has 0 bridgehead atoms. The van der Waals surface area contributed by atoms with Gasteiger partial charge in [0.25, 0.3) is 5.91 Å². The third-order valence-corrected chi connectivity index (χ3v) is 11.3. The molecule has 1 amide bonds. The predicted molar refractivity (Wildman–Crippen MR) is 278 cm³/mol. The van der Waals surface area contributed by atoms with E-state index in [4.69, 9.17) is 20.3 Å². The molecule has 2 aliphatic rings. The molecule has 11 N–H and O–H groups in total. The number of carbonyl (C=O) groups excluding carboxylic acids is 2. The van der Waals surface area contributed by atoms with Gasteiger partial charge in [0.05, 0.1) is 51.3 Å². The van der Waals surface area contributed by atoms with Crippen molar-refractivity contribution in [1.29, 1.82) is 0 Å². The number of carboxylic acid groups (broad SMARTS) is 1. The molecule has 360 valence electrons. The molecule has 2 fully saturated rings. The summed E-state index contributed by atoms with van der Waals surface area (Å²) in [6, 6.07) is 16.8. The topological polar surface area (TPSA) is 315 Å². The van der Waals surface area contributed by atoms with E-state index in [9.17, 15) is 14.4 Å². The third kappa shape index (κ3) is 14.6. The van der Waals surface area contributed by atoms with E-state index >= 15 is 0 Å². The van der Waals surface area contributed by atoms with Crippen LogP contribution in [0, 0.1) is 28.2 Å². The first-order valence-corrected chi connectivity index (χ1v) is 23.7. The summed E-state index contributed by atoms with van der Waals surface area (Å²) in [4.78, 5) is 59.1. The van der Waals surface area contributed by atoms with Crippen molar-refractivity contribution in [3.05, 3.63) is 120 Å². The number of pyridine rings is 3. The van der Waals surface area contributed by atoms with Gasteiger partial charge < -0.3 is 50.8 Å². The Morgan fingerprint density at radius 2 is 1.25 bits per heavy atom. The number of aromatic nitrogens is 12. The number of carbonyl (C=O) groups is 3. The highest BCUT2D eigenvalue weighted by Crippen LogP contribution is 2.23. The zero-order valence-corrected chi connectivity index (χ0v) is 42.1. The van der Waals surface area contributed by atoms with Crippen molar-refractivity contribution < 1.29 is 29.0 Å². The minimum atomic E-state index is -1.00. The van der Waals surface area contributed by atoms with E-state index in [-0.39, 0.29) is 17.4 Å². The summed E-state index contributed by atoms with van der Waals surface area (Å²) in [5.41, 5.74) is 13.2. The summed E-state index contributed by atoms with van der Waals surface area (Å²) < 4.78 is 12.5. The molecule has 0 spiro atoms. The number of ether oxygens (including phenoxy) is 2. The van der Waals surface area contributed by atoms with Crippen LogP contribution in [0.4, 0.5) is 17.3 Å². The molecule has 24 heteroatoms. The van der Waals surface area contributed by atoms with Crippen LogP contribution in [-0.2, 0) is 15.9 Å². The fraction of sp³-hybridized carbons (Fsp3) is 0.267. The lowest BCUT2D eigenvalue weighted by Crippen LogP contribution is -2.36. The summed E-state index contributed by atoms with van der Waals surface area (Å²) >= 11 is 4.41. The number of hydrogen-bond acceptors (Lipinski definition) is 14. The van der Waals surface area contributed by atoms with Crippen LogP contribution in [0.3, 0.4) is 0 Å². The number of rotatable bonds is 7. The number of hydrogen-bond donors (Lipinski definition) is 10. The fourth-order valence-electron chi connectivity index (χ4n) is 6.77. The number of H-pyrrole nitrogens is 6. The van der Waals surface area contributed by atoms with Crippen molar-refractivity contribution in [1.82, 2.24) is 65.8 Å². The number of anilines is 3. The van der Waals surface area contributed by atoms with Crippen LogP contribution in [0.25, 0.3) is 33.1 Å². The van der Waals surface area contributed by atoms with Crippen LogP contribution in [-0.4, -0.2) is 136 Å². The summed E-state index contributed by atoms with van der Waals surface area (Å²) in [6.07, 6.45) is 5.26. The summed E-state index contributed by atoms with van der Waals surface area (Å²) in [6.45, 7) is 12.5. The number of nitrogens with two attached hydrogens (primary N) is 1. The average molecular weight is 1160 g/mol. The van der Waals surface area contributed by atoms with Crippen molar-refractivity contribution in [2.45, 2.75) is 27.2 Å². The molecule has 0 saturated carbocycles. The van der Waals surface area contributed by atoms with Crippen LogP contribution < -0.4 is 21.3 Å². The summed E-state index contributed by atoms with van der Waals surface area (Å²) in [7, 11) is 0. The Morgan fingerprint density at radius 3 is 1.81 bits per heavy atom. The number of Topliss-reactive ketones (excluding diaryl/α,β-unsaturated/α-hetero) is 1. The first-order valence-electron chi connectivity index (χ1n) is 21.5. The van der Waals surface area contributed by atoms with E-state index in [1.807, 2.05) is 50.2 Å². The van der Waals surface area contributed by atoms with Gasteiger partial charge in [-0.1, -0.05) is 0 Å². The zero-order valence-electron chi connectivity index (χ0n) is 37.7. The number of carboxylic acids is 1. The van der Waals surface area contributed by atoms with E-state index in [0.717, 1.165) is 122 Å². The van der Waals surface area contributed by atoms with Crippen LogP contribution in [0.5, 0.6) is 0 Å². The molecular formula is C45H50I2N16O6. The Bertz CT molecular complexity index is 3130. The highest BCUT2D eigenvalue weighted by atomic mass is 127. The van der Waals surface area contributed by atoms with Gasteiger partial charge >= 0.3 is 5.97 Å². The molecule has 0 radical (unpaired) electrons. The number of halogens is 2. The molecule has 9 aromatic heterocycles. The number of nitrogen functional groups attached to an aromatic ring is 1. The standard InChI is InChI=1S/C16H18N6O2.C13H11IN4O.C7H6IN3.C5H6N2O2.C4H9NO/c1-10-6-13(21-20-10)18-16(23)12-7-11-8-14(19-15(11)17-9-12)22-2-4-24-5-3-22;1-7-2-10(18-17-7)11(19)4-8-3-9-5-12(14)16-13(9)15-6-8;8-6-2-4-1-5(9)3-10-7(4)11-6;1-3-2-4(5(8)9)7-6-3;1-3-6-4-2-5-1/h6-9H,2-5H2,1H3,(H,17,19)(H2,18,20,21,23);2-3,5-6H,4H2,1H3,(H,15,16)(H,17,18);1-3H,9H2,(H,10,11);2H,1H3,(H,6,7)(H,8,9);5H,1-4H2. The van der Waals surface area contributed by atoms with Crippen molar-refractivity contribution in [2.75, 3.05) is 68.6 Å². The normalized spacial score (nSPS) is 13.3. The van der Waals surface area contributed by atoms with E-state index in [1.165, 1.54) is 6.07 Å². The molecule has 0 atom stereocenters. The largest absolute Gasteiger partial charge is 0.476 e. The second-order valence-electron chi connectivity index (χ2n) is 15.7. The molecular weight excluding hydrogens is 1110 g/mol. The maximum Gasteiger partial charge on any atom is 0.356 e. The molecule has 69 heavy (non-hydrogen) atoms. The van der Waals surface area contributed by atoms with Gasteiger partial charge in [-0.25, -0.2) is 19.7 Å². The molecule has 0 aliphatic carbocycles. The lowest BCUT2D eigenvalue weighted by molar-refractivity contribution is 0.0690. The van der Waals surface area contributed by atoms with Crippen molar-refractivity contribution >= 4 is 113 Å². The summed E-state index contributed by atoms with van der Waals surface area (Å²) in [5, 5.41) is 36.8. The van der Waals surface area contributed by atoms with Crippen molar-refractivity contribution in [3.8, 4) is 0 Å². The Kier molecular flexibility index (Phi) is 17.4. The van der Waals surface area contributed by atoms with Gasteiger partial charge in [-0.05, 0) is 120 Å². The quantitative estimate of drug-likeness (QED) is 0.0639. The number of nitrogens with zero attached hydrogens (tertiary/aromatic N) is 7. The molecule has 2 aliphatic heterocycles. The molecule has 2 saturated heterocycles. The SMILES string of the molecule is C1COCCN1.Cc1cc(C(=O)Cc2cnc3[nH]c(I)cc3c2)n[nH]1.Cc1cc(C(=O)O)n[nH]1.Cc1cc(NC(=O)c2cnc3[nH]c(N4CCOCC4)cc3c2)n[nH]1.Nc1cnc2[nH]c(I)cc2c1. The van der Waals surface area contributed by atoms with E-state index < -0.39 is 5.97 Å². The maximum atomic E-state index is 12.3. The zero-order chi connectivity index (χ0) is 48.9. The van der Waals surface area contributed by atoms with Gasteiger partial charge in [-0.2, -0.15) is 15.3 Å². The number of amides is 1. The molecule has 11 rings (SSSR count). The number of aryl methyl sites for hydroxylation is 3. The van der Waals surface area contributed by atoms with E-state index in [2.05, 4.69) is 121 Å². The van der Waals surface area contributed by atoms with Crippen molar-refractivity contribution in [3.63, 3.8) is 0 Å². The van der Waals surface area contributed by atoms with Gasteiger partial charge in [0.15, 0.2) is 17.3 Å². The molecule has 11 heterocycles. The summed E-state index contributed by atoms with van der Waals surface area (Å²) in [5.74, 6) is 0.266. The minimum Gasteiger partial charge on any atom is -0.476 e. The minimum absolute atomic E-state index is 0.00395. The number of fused-ring (bicyclic) bond motifs is 3. The Morgan fingerprint density at radius 1 is 0.681 bits per heavy atom. The fourth-order valence-corrected chi connectivity index (χ4v) is 7.96. The Balaban J connectivity index is 0.000000138. The molecule has 0 aromatic carbocycles. The number of ketones is 1. The number of morpholine rings is 2. The van der Waals surface area contributed by atoms with Crippen LogP contribution in [0.2, 0.25) is 0 Å². The van der Waals surface area contributed by atoms with Gasteiger partial charge in [-0.3, -0.25) is 24.9 Å². The van der Waals surface area contributed by atoms with Crippen LogP contribution in [0.1, 0.15) is 54.0 Å².